The van der Waals surface area contributed by atoms with Crippen LogP contribution in [0, 0.1) is 15.9 Å². The highest BCUT2D eigenvalue weighted by atomic mass is 35.5. The van der Waals surface area contributed by atoms with E-state index in [-0.39, 0.29) is 28.7 Å². The first-order valence-electron chi connectivity index (χ1n) is 8.85. The summed E-state index contributed by atoms with van der Waals surface area (Å²) < 4.78 is 12.9. The molecule has 0 bridgehead atoms. The Kier molecular flexibility index (Phi) is 6.28. The first kappa shape index (κ1) is 20.5. The van der Waals surface area contributed by atoms with Gasteiger partial charge in [0.15, 0.2) is 0 Å². The van der Waals surface area contributed by atoms with Crippen molar-refractivity contribution in [2.24, 2.45) is 0 Å². The third-order valence-corrected chi connectivity index (χ3v) is 4.85. The number of amides is 2. The zero-order valence-electron chi connectivity index (χ0n) is 15.3. The van der Waals surface area contributed by atoms with Crippen molar-refractivity contribution in [2.45, 2.75) is 0 Å². The van der Waals surface area contributed by atoms with Crippen molar-refractivity contribution in [3.63, 3.8) is 0 Å². The van der Waals surface area contributed by atoms with Crippen molar-refractivity contribution in [1.29, 1.82) is 0 Å². The zero-order chi connectivity index (χ0) is 21.0. The van der Waals surface area contributed by atoms with E-state index < -0.39 is 16.6 Å². The number of piperazine rings is 1. The molecule has 2 aromatic rings. The Morgan fingerprint density at radius 1 is 1.10 bits per heavy atom. The second-order valence-corrected chi connectivity index (χ2v) is 6.88. The van der Waals surface area contributed by atoms with Gasteiger partial charge in [0.25, 0.3) is 11.6 Å². The molecule has 3 rings (SSSR count). The molecule has 1 saturated heterocycles. The number of benzene rings is 2. The van der Waals surface area contributed by atoms with E-state index in [1.165, 1.54) is 30.3 Å². The van der Waals surface area contributed by atoms with Gasteiger partial charge in [-0.15, -0.1) is 0 Å². The number of nitrogens with one attached hydrogen (secondary N) is 1. The molecule has 10 heteroatoms. The summed E-state index contributed by atoms with van der Waals surface area (Å²) in [5, 5.41) is 14.1. The van der Waals surface area contributed by atoms with Gasteiger partial charge in [-0.2, -0.15) is 0 Å². The van der Waals surface area contributed by atoms with E-state index in [4.69, 9.17) is 11.6 Å². The molecule has 0 aliphatic carbocycles. The van der Waals surface area contributed by atoms with Crippen LogP contribution < -0.4 is 10.2 Å². The minimum Gasteiger partial charge on any atom is -0.362 e. The van der Waals surface area contributed by atoms with Gasteiger partial charge in [-0.1, -0.05) is 11.6 Å². The van der Waals surface area contributed by atoms with Crippen LogP contribution in [0.15, 0.2) is 42.5 Å². The number of halogens is 2. The number of rotatable bonds is 5. The number of nitrogens with zero attached hydrogens (tertiary/aromatic N) is 3. The minimum atomic E-state index is -0.482. The zero-order valence-corrected chi connectivity index (χ0v) is 16.1. The molecule has 152 valence electrons. The molecule has 0 unspecified atom stereocenters. The monoisotopic (exact) mass is 420 g/mol. The van der Waals surface area contributed by atoms with E-state index >= 15 is 0 Å². The normalized spacial score (nSPS) is 13.9. The highest BCUT2D eigenvalue weighted by Crippen LogP contribution is 2.31. The SMILES string of the molecule is O=C(NCC(=O)N1CCN(c2ccc(Cl)cc2[N+](=O)[O-])CC1)c1ccc(F)cc1. The van der Waals surface area contributed by atoms with E-state index in [2.05, 4.69) is 5.32 Å². The molecule has 0 aromatic heterocycles. The lowest BCUT2D eigenvalue weighted by Gasteiger charge is -2.35. The quantitative estimate of drug-likeness (QED) is 0.592. The fourth-order valence-electron chi connectivity index (χ4n) is 3.08. The Bertz CT molecular complexity index is 930. The number of carbonyl (C=O) groups excluding carboxylic acids is 2. The van der Waals surface area contributed by atoms with Crippen molar-refractivity contribution < 1.29 is 18.9 Å². The Morgan fingerprint density at radius 3 is 2.38 bits per heavy atom. The number of nitro groups is 1. The Labute approximate surface area is 171 Å². The topological polar surface area (TPSA) is 95.8 Å². The summed E-state index contributed by atoms with van der Waals surface area (Å²) in [7, 11) is 0. The maximum atomic E-state index is 12.9. The predicted molar refractivity (Wildman–Crippen MR) is 106 cm³/mol. The highest BCUT2D eigenvalue weighted by Gasteiger charge is 2.26. The lowest BCUT2D eigenvalue weighted by Crippen LogP contribution is -2.51. The molecule has 1 aliphatic heterocycles. The maximum absolute atomic E-state index is 12.9. The number of nitro benzene ring substituents is 1. The smallest absolute Gasteiger partial charge is 0.294 e. The minimum absolute atomic E-state index is 0.0798. The molecule has 29 heavy (non-hydrogen) atoms. The number of carbonyl (C=O) groups is 2. The second kappa shape index (κ2) is 8.87. The molecule has 0 atom stereocenters. The summed E-state index contributed by atoms with van der Waals surface area (Å²) in [6, 6.07) is 9.52. The van der Waals surface area contributed by atoms with Crippen LogP contribution in [0.3, 0.4) is 0 Å². The van der Waals surface area contributed by atoms with Gasteiger partial charge in [-0.25, -0.2) is 4.39 Å². The van der Waals surface area contributed by atoms with E-state index in [0.29, 0.717) is 31.9 Å². The Morgan fingerprint density at radius 2 is 1.76 bits per heavy atom. The van der Waals surface area contributed by atoms with E-state index in [1.807, 2.05) is 4.90 Å². The average Bonchev–Trinajstić information content (AvgIpc) is 2.72. The second-order valence-electron chi connectivity index (χ2n) is 6.45. The molecule has 2 amide bonds. The molecule has 0 spiro atoms. The largest absolute Gasteiger partial charge is 0.362 e. The summed E-state index contributed by atoms with van der Waals surface area (Å²) in [5.74, 6) is -1.17. The lowest BCUT2D eigenvalue weighted by atomic mass is 10.2. The van der Waals surface area contributed by atoms with Crippen LogP contribution >= 0.6 is 11.6 Å². The molecule has 1 heterocycles. The van der Waals surface area contributed by atoms with Crippen LogP contribution in [0.4, 0.5) is 15.8 Å². The van der Waals surface area contributed by atoms with Crippen LogP contribution in [0.2, 0.25) is 5.02 Å². The predicted octanol–water partition coefficient (Wildman–Crippen LogP) is 2.47. The summed E-state index contributed by atoms with van der Waals surface area (Å²) in [4.78, 5) is 38.6. The van der Waals surface area contributed by atoms with E-state index in [1.54, 1.807) is 17.0 Å². The van der Waals surface area contributed by atoms with Crippen LogP contribution in [0.25, 0.3) is 0 Å². The van der Waals surface area contributed by atoms with Gasteiger partial charge in [0.05, 0.1) is 11.5 Å². The first-order chi connectivity index (χ1) is 13.8. The molecular formula is C19H18ClFN4O4. The fraction of sp³-hybridized carbons (Fsp3) is 0.263. The van der Waals surface area contributed by atoms with Crippen molar-refractivity contribution in [1.82, 2.24) is 10.2 Å². The third kappa shape index (κ3) is 5.00. The van der Waals surface area contributed by atoms with Gasteiger partial charge in [0.2, 0.25) is 5.91 Å². The molecule has 1 N–H and O–H groups in total. The molecule has 0 saturated carbocycles. The van der Waals surface area contributed by atoms with Crippen LogP contribution in [-0.2, 0) is 4.79 Å². The van der Waals surface area contributed by atoms with E-state index in [0.717, 1.165) is 0 Å². The number of hydrogen-bond acceptors (Lipinski definition) is 5. The molecule has 0 radical (unpaired) electrons. The van der Waals surface area contributed by atoms with Crippen LogP contribution in [0.1, 0.15) is 10.4 Å². The summed E-state index contributed by atoms with van der Waals surface area (Å²) >= 11 is 5.85. The van der Waals surface area contributed by atoms with Gasteiger partial charge in [0.1, 0.15) is 11.5 Å². The molecule has 2 aromatic carbocycles. The van der Waals surface area contributed by atoms with Gasteiger partial charge >= 0.3 is 0 Å². The van der Waals surface area contributed by atoms with Gasteiger partial charge < -0.3 is 15.1 Å². The van der Waals surface area contributed by atoms with E-state index in [9.17, 15) is 24.1 Å². The maximum Gasteiger partial charge on any atom is 0.294 e. The van der Waals surface area contributed by atoms with Crippen molar-refractivity contribution in [2.75, 3.05) is 37.6 Å². The number of anilines is 1. The highest BCUT2D eigenvalue weighted by molar-refractivity contribution is 6.30. The summed E-state index contributed by atoms with van der Waals surface area (Å²) in [5.41, 5.74) is 0.638. The van der Waals surface area contributed by atoms with Crippen molar-refractivity contribution >= 4 is 34.8 Å². The van der Waals surface area contributed by atoms with Crippen molar-refractivity contribution in [3.8, 4) is 0 Å². The number of hydrogen-bond donors (Lipinski definition) is 1. The fourth-order valence-corrected chi connectivity index (χ4v) is 3.24. The molecule has 8 nitrogen and oxygen atoms in total. The summed E-state index contributed by atoms with van der Waals surface area (Å²) in [6.45, 7) is 1.38. The van der Waals surface area contributed by atoms with Gasteiger partial charge in [0, 0.05) is 42.8 Å². The van der Waals surface area contributed by atoms with Crippen LogP contribution in [-0.4, -0.2) is 54.4 Å². The molecule has 1 fully saturated rings. The van der Waals surface area contributed by atoms with Gasteiger partial charge in [-0.05, 0) is 36.4 Å². The molecular weight excluding hydrogens is 403 g/mol. The Balaban J connectivity index is 1.54. The Hall–Kier alpha value is -3.20. The average molecular weight is 421 g/mol. The standard InChI is InChI=1S/C19H18ClFN4O4/c20-14-3-6-16(17(11-14)25(28)29)23-7-9-24(10-8-23)18(26)12-22-19(27)13-1-4-15(21)5-2-13/h1-6,11H,7-10,12H2,(H,22,27). The first-order valence-corrected chi connectivity index (χ1v) is 9.23. The van der Waals surface area contributed by atoms with Gasteiger partial charge in [-0.3, -0.25) is 19.7 Å². The molecule has 1 aliphatic rings. The summed E-state index contributed by atoms with van der Waals surface area (Å²) in [6.07, 6.45) is 0. The van der Waals surface area contributed by atoms with Crippen molar-refractivity contribution in [3.05, 3.63) is 69.0 Å². The third-order valence-electron chi connectivity index (χ3n) is 4.61. The van der Waals surface area contributed by atoms with Crippen LogP contribution in [0.5, 0.6) is 0 Å². The lowest BCUT2D eigenvalue weighted by molar-refractivity contribution is -0.384.